The Bertz CT molecular complexity index is 4280. The van der Waals surface area contributed by atoms with Gasteiger partial charge in [-0.3, -0.25) is 43.3 Å². The average Bonchev–Trinajstić information content (AvgIpc) is 1.65. The SMILES string of the molecule is C=C1CC2CN(C(=O)OCc3ccc(O[C@H]4C[C@@H](O)C[C@@H](C)O4)c(C(=O)NCCCNC(=O)CCOCCOCCC(=O)NCCC(=O)N4Cc5ccccc5C#Cc5ccccc54)c3)c3cc(OCCCC(=O)Nc4cc(C(=O)Nc5cc(C(=O)NCCCOC)n(C)c5)n(C)c4)c(OC)cc3C(=O)N2C1. The second-order valence-corrected chi connectivity index (χ2v) is 26.4. The van der Waals surface area contributed by atoms with Gasteiger partial charge >= 0.3 is 6.09 Å². The number of aryl methyl sites for hydroxylation is 2. The first-order valence-electron chi connectivity index (χ1n) is 35.8. The van der Waals surface area contributed by atoms with Gasteiger partial charge in [0.2, 0.25) is 29.9 Å². The lowest BCUT2D eigenvalue weighted by atomic mass is 10.0. The van der Waals surface area contributed by atoms with Gasteiger partial charge in [0.05, 0.1) is 105 Å². The molecule has 9 amide bonds. The molecule has 7 N–H and O–H groups in total. The van der Waals surface area contributed by atoms with Crippen LogP contribution in [-0.2, 0) is 70.1 Å². The summed E-state index contributed by atoms with van der Waals surface area (Å²) in [5, 5.41) is 27.5. The molecule has 2 saturated heterocycles. The van der Waals surface area contributed by atoms with Crippen LogP contribution < -0.4 is 55.9 Å². The van der Waals surface area contributed by atoms with E-state index in [1.54, 1.807) is 70.7 Å². The lowest BCUT2D eigenvalue weighted by Crippen LogP contribution is -2.42. The molecule has 0 radical (unpaired) electrons. The molecule has 4 aromatic carbocycles. The van der Waals surface area contributed by atoms with Gasteiger partial charge in [0.15, 0.2) is 11.5 Å². The van der Waals surface area contributed by atoms with Crippen LogP contribution in [0.15, 0.2) is 116 Å². The zero-order valence-electron chi connectivity index (χ0n) is 60.9. The topological polar surface area (TPSA) is 339 Å². The molecule has 107 heavy (non-hydrogen) atoms. The molecule has 4 aliphatic heterocycles. The maximum absolute atomic E-state index is 14.5. The smallest absolute Gasteiger partial charge is 0.414 e. The zero-order valence-corrected chi connectivity index (χ0v) is 60.9. The first kappa shape index (κ1) is 78.6. The van der Waals surface area contributed by atoms with Gasteiger partial charge in [0, 0.05) is 122 Å². The minimum absolute atomic E-state index is 0.0132. The predicted molar refractivity (Wildman–Crippen MR) is 395 cm³/mol. The van der Waals surface area contributed by atoms with Crippen molar-refractivity contribution in [2.24, 2.45) is 14.1 Å². The van der Waals surface area contributed by atoms with E-state index in [-0.39, 0.29) is 192 Å². The van der Waals surface area contributed by atoms with E-state index < -0.39 is 36.3 Å². The van der Waals surface area contributed by atoms with E-state index >= 15 is 0 Å². The van der Waals surface area contributed by atoms with Crippen LogP contribution in [0.3, 0.4) is 0 Å². The first-order valence-corrected chi connectivity index (χ1v) is 35.8. The molecule has 0 saturated carbocycles. The van der Waals surface area contributed by atoms with Crippen molar-refractivity contribution in [3.05, 3.63) is 160 Å². The van der Waals surface area contributed by atoms with Crippen LogP contribution in [0.1, 0.15) is 135 Å². The van der Waals surface area contributed by atoms with Crippen LogP contribution in [0.5, 0.6) is 17.2 Å². The number of amides is 9. The number of rotatable bonds is 35. The number of carbonyl (C=O) groups is 9. The van der Waals surface area contributed by atoms with Crippen molar-refractivity contribution in [1.29, 1.82) is 0 Å². The lowest BCUT2D eigenvalue weighted by Gasteiger charge is -2.31. The fraction of sp³-hybridized carbons (Fsp3) is 0.423. The Morgan fingerprint density at radius 3 is 2.04 bits per heavy atom. The second-order valence-electron chi connectivity index (χ2n) is 26.4. The van der Waals surface area contributed by atoms with E-state index in [0.29, 0.717) is 68.0 Å². The molecule has 10 rings (SSSR count). The molecule has 568 valence electrons. The van der Waals surface area contributed by atoms with E-state index in [2.05, 4.69) is 50.3 Å². The van der Waals surface area contributed by atoms with Gasteiger partial charge in [0.1, 0.15) is 23.7 Å². The molecule has 4 aliphatic rings. The van der Waals surface area contributed by atoms with Crippen LogP contribution in [0.4, 0.5) is 27.5 Å². The monoisotopic (exact) mass is 1470 g/mol. The summed E-state index contributed by atoms with van der Waals surface area (Å²) in [6.45, 7) is 8.44. The number of fused-ring (bicyclic) bond motifs is 4. The number of ether oxygens (including phenoxy) is 8. The van der Waals surface area contributed by atoms with Crippen molar-refractivity contribution in [2.45, 2.75) is 109 Å². The molecule has 2 fully saturated rings. The summed E-state index contributed by atoms with van der Waals surface area (Å²) in [6, 6.07) is 25.6. The van der Waals surface area contributed by atoms with Crippen molar-refractivity contribution in [1.82, 2.24) is 35.3 Å². The summed E-state index contributed by atoms with van der Waals surface area (Å²) >= 11 is 0. The Morgan fingerprint density at radius 1 is 0.626 bits per heavy atom. The van der Waals surface area contributed by atoms with Crippen molar-refractivity contribution in [3.63, 3.8) is 0 Å². The third kappa shape index (κ3) is 21.8. The summed E-state index contributed by atoms with van der Waals surface area (Å²) in [6.07, 6.45) is 3.02. The molecule has 4 atom stereocenters. The third-order valence-electron chi connectivity index (χ3n) is 18.1. The number of aromatic nitrogens is 2. The molecule has 6 aromatic rings. The second kappa shape index (κ2) is 38.3. The molecular weight excluding hydrogens is 1380 g/mol. The lowest BCUT2D eigenvalue weighted by molar-refractivity contribution is -0.170. The third-order valence-corrected chi connectivity index (χ3v) is 18.1. The zero-order chi connectivity index (χ0) is 75.9. The van der Waals surface area contributed by atoms with Gasteiger partial charge in [-0.1, -0.05) is 60.4 Å². The van der Waals surface area contributed by atoms with Gasteiger partial charge < -0.3 is 93.8 Å². The van der Waals surface area contributed by atoms with Gasteiger partial charge in [-0.25, -0.2) is 4.79 Å². The minimum atomic E-state index is -0.875. The molecule has 0 aliphatic carbocycles. The molecule has 2 aromatic heterocycles. The molecule has 0 bridgehead atoms. The molecule has 0 spiro atoms. The van der Waals surface area contributed by atoms with Gasteiger partial charge in [-0.05, 0) is 98.7 Å². The summed E-state index contributed by atoms with van der Waals surface area (Å²) in [4.78, 5) is 126. The number of aliphatic hydroxyl groups excluding tert-OH is 1. The first-order chi connectivity index (χ1) is 51.7. The summed E-state index contributed by atoms with van der Waals surface area (Å²) in [7, 11) is 6.37. The maximum atomic E-state index is 14.5. The van der Waals surface area contributed by atoms with E-state index in [4.69, 9.17) is 37.9 Å². The van der Waals surface area contributed by atoms with E-state index in [1.165, 1.54) is 36.3 Å². The van der Waals surface area contributed by atoms with Gasteiger partial charge in [0.25, 0.3) is 23.6 Å². The number of benzene rings is 4. The molecule has 29 nitrogen and oxygen atoms in total. The fourth-order valence-electron chi connectivity index (χ4n) is 12.7. The van der Waals surface area contributed by atoms with Crippen molar-refractivity contribution < 1.29 is 86.2 Å². The summed E-state index contributed by atoms with van der Waals surface area (Å²) in [5.74, 6) is 4.27. The average molecular weight is 1470 g/mol. The van der Waals surface area contributed by atoms with Crippen LogP contribution >= 0.6 is 0 Å². The Morgan fingerprint density at radius 2 is 1.30 bits per heavy atom. The Balaban J connectivity index is 0.667. The van der Waals surface area contributed by atoms with Crippen molar-refractivity contribution in [2.75, 3.05) is 114 Å². The number of nitrogens with one attached hydrogen (secondary N) is 6. The quantitative estimate of drug-likeness (QED) is 0.0121. The number of nitrogens with zero attached hydrogens (tertiary/aromatic N) is 5. The minimum Gasteiger partial charge on any atom is -0.493 e. The number of para-hydroxylation sites is 1. The highest BCUT2D eigenvalue weighted by atomic mass is 16.7. The maximum Gasteiger partial charge on any atom is 0.414 e. The highest BCUT2D eigenvalue weighted by Gasteiger charge is 2.41. The van der Waals surface area contributed by atoms with Crippen LogP contribution in [-0.4, -0.2) is 190 Å². The van der Waals surface area contributed by atoms with Gasteiger partial charge in [-0.2, -0.15) is 0 Å². The van der Waals surface area contributed by atoms with E-state index in [0.717, 1.165) is 28.0 Å². The van der Waals surface area contributed by atoms with Crippen molar-refractivity contribution in [3.8, 4) is 29.1 Å². The Kier molecular flexibility index (Phi) is 28.1. The Hall–Kier alpha value is -11.0. The number of hydrogen-bond acceptors (Lipinski definition) is 18. The van der Waals surface area contributed by atoms with Crippen molar-refractivity contribution >= 4 is 76.1 Å². The fourth-order valence-corrected chi connectivity index (χ4v) is 12.7. The number of methoxy groups -OCH3 is 2. The van der Waals surface area contributed by atoms with Gasteiger partial charge in [-0.15, -0.1) is 0 Å². The highest BCUT2D eigenvalue weighted by molar-refractivity contribution is 6.07. The number of carbonyl (C=O) groups excluding carboxylic acids is 9. The normalized spacial score (nSPS) is 16.4. The molecule has 1 unspecified atom stereocenters. The highest BCUT2D eigenvalue weighted by Crippen LogP contribution is 2.41. The van der Waals surface area contributed by atoms with Crippen LogP contribution in [0.25, 0.3) is 0 Å². The Labute approximate surface area is 620 Å². The summed E-state index contributed by atoms with van der Waals surface area (Å²) in [5.41, 5.74) is 6.32. The molecule has 6 heterocycles. The van der Waals surface area contributed by atoms with E-state index in [9.17, 15) is 48.3 Å². The standard InChI is InChI=1S/C78H93N11O18/c1-50-36-58-48-89(63-43-68(67(101-6)42-60(63)77(98)87(58)44-50)104-31-11-18-71(93)83-56-39-65(86(4)46-56)76(97)84-57-40-64(85(3)47-57)75(96)82-28-13-30-100-5)78(99)105-49-52-19-22-66(107-73-41-59(90)37-51(2)106-73)61(38-52)74(95)81-27-12-26-79-69(91)24-32-102-34-35-103-33-25-70(92)80-29-23-72(94)88-45-55-16-8-7-14-53(55)20-21-54-15-9-10-17-62(54)88/h7-10,14-17,19,22,38-40,42-43,46-47,51,58-59,73,90H,1,11-13,18,23-37,41,44-45,48-49H2,2-6H3,(H,79,91)(H,80,92)(H,81,95)(H,82,96)(H,83,93)(H,84,97)/t51-,58?,59+,73+/m1/s1. The number of hydrogen-bond donors (Lipinski definition) is 7. The van der Waals surface area contributed by atoms with E-state index in [1.807, 2.05) is 55.5 Å². The summed E-state index contributed by atoms with van der Waals surface area (Å²) < 4.78 is 49.5. The molecule has 29 heteroatoms. The predicted octanol–water partition coefficient (Wildman–Crippen LogP) is 6.88. The number of aliphatic hydroxyl groups is 1. The van der Waals surface area contributed by atoms with Crippen LogP contribution in [0, 0.1) is 11.8 Å². The van der Waals surface area contributed by atoms with Crippen LogP contribution in [0.2, 0.25) is 0 Å². The largest absolute Gasteiger partial charge is 0.493 e. The number of anilines is 4. The molecular formula is C78H93N11O18.